The van der Waals surface area contributed by atoms with Crippen LogP contribution >= 0.6 is 12.2 Å². The standard InChI is InChI=1S/C23H19F3N4OS/c1-14-5-7-16(8-6-14)30-21(32)29(20(28-15(2)31)22(30)11-4-12-22)17-9-10-19(27-3)18(13-17)23(24,25)26/h5-10,13H,4,11-12H2,1-2H3. The van der Waals surface area contributed by atoms with Gasteiger partial charge in [-0.3, -0.25) is 9.69 Å². The Morgan fingerprint density at radius 2 is 1.78 bits per heavy atom. The second kappa shape index (κ2) is 7.71. The smallest absolute Gasteiger partial charge is 0.305 e. The fraction of sp³-hybridized carbons (Fsp3) is 0.304. The van der Waals surface area contributed by atoms with Crippen LogP contribution in [0.1, 0.15) is 37.3 Å². The number of carbonyl (C=O) groups is 1. The van der Waals surface area contributed by atoms with Crippen LogP contribution in [0.2, 0.25) is 0 Å². The van der Waals surface area contributed by atoms with Gasteiger partial charge in [-0.15, -0.1) is 0 Å². The van der Waals surface area contributed by atoms with Crippen molar-refractivity contribution in [2.75, 3.05) is 9.80 Å². The lowest BCUT2D eigenvalue weighted by molar-refractivity contribution is -0.136. The van der Waals surface area contributed by atoms with Crippen LogP contribution < -0.4 is 9.80 Å². The molecule has 0 unspecified atom stereocenters. The van der Waals surface area contributed by atoms with Crippen LogP contribution in [-0.4, -0.2) is 22.4 Å². The normalized spacial score (nSPS) is 18.8. The Hall–Kier alpha value is -3.25. The average Bonchev–Trinajstić information content (AvgIpc) is 2.95. The Bertz CT molecular complexity index is 1180. The van der Waals surface area contributed by atoms with Crippen molar-refractivity contribution in [1.29, 1.82) is 0 Å². The summed E-state index contributed by atoms with van der Waals surface area (Å²) in [6, 6.07) is 11.1. The molecule has 0 radical (unpaired) electrons. The van der Waals surface area contributed by atoms with Gasteiger partial charge in [0.15, 0.2) is 10.8 Å². The van der Waals surface area contributed by atoms with Gasteiger partial charge in [0.2, 0.25) is 5.91 Å². The van der Waals surface area contributed by atoms with Crippen molar-refractivity contribution in [3.05, 3.63) is 65.0 Å². The van der Waals surface area contributed by atoms with Crippen LogP contribution in [0.25, 0.3) is 4.85 Å². The number of anilines is 2. The third kappa shape index (κ3) is 3.45. The van der Waals surface area contributed by atoms with E-state index in [1.165, 1.54) is 17.9 Å². The van der Waals surface area contributed by atoms with E-state index in [0.717, 1.165) is 29.8 Å². The van der Waals surface area contributed by atoms with E-state index in [4.69, 9.17) is 18.8 Å². The third-order valence-corrected chi connectivity index (χ3v) is 6.20. The number of rotatable bonds is 2. The molecule has 1 aliphatic heterocycles. The van der Waals surface area contributed by atoms with Crippen LogP contribution in [0.15, 0.2) is 47.5 Å². The van der Waals surface area contributed by atoms with Crippen molar-refractivity contribution < 1.29 is 18.0 Å². The van der Waals surface area contributed by atoms with Crippen LogP contribution in [0, 0.1) is 13.5 Å². The number of carbonyl (C=O) groups excluding carboxylic acids is 1. The molecule has 32 heavy (non-hydrogen) atoms. The lowest BCUT2D eigenvalue weighted by atomic mass is 9.74. The first kappa shape index (κ1) is 22.0. The molecule has 2 aromatic rings. The zero-order chi connectivity index (χ0) is 23.3. The summed E-state index contributed by atoms with van der Waals surface area (Å²) >= 11 is 5.75. The summed E-state index contributed by atoms with van der Waals surface area (Å²) in [5, 5.41) is 0.247. The monoisotopic (exact) mass is 456 g/mol. The molecule has 1 saturated carbocycles. The first-order valence-corrected chi connectivity index (χ1v) is 10.4. The van der Waals surface area contributed by atoms with Gasteiger partial charge < -0.3 is 4.90 Å². The predicted octanol–water partition coefficient (Wildman–Crippen LogP) is 6.04. The first-order chi connectivity index (χ1) is 15.1. The largest absolute Gasteiger partial charge is 0.407 e. The number of aryl methyl sites for hydroxylation is 1. The SMILES string of the molecule is [C-]#[N+]c1ccc(N2C(=S)N(c3ccc(C)cc3)C3(CCC3)C2=NC(C)=O)cc1C(F)(F)F. The molecular weight excluding hydrogens is 437 g/mol. The van der Waals surface area contributed by atoms with Gasteiger partial charge in [-0.1, -0.05) is 23.8 Å². The molecule has 0 atom stereocenters. The fourth-order valence-corrected chi connectivity index (χ4v) is 4.69. The van der Waals surface area contributed by atoms with E-state index in [-0.39, 0.29) is 10.8 Å². The van der Waals surface area contributed by atoms with Crippen LogP contribution in [0.5, 0.6) is 0 Å². The molecule has 1 spiro atoms. The lowest BCUT2D eigenvalue weighted by Crippen LogP contribution is -2.55. The van der Waals surface area contributed by atoms with E-state index < -0.39 is 28.9 Å². The maximum atomic E-state index is 13.6. The molecule has 2 aromatic carbocycles. The van der Waals surface area contributed by atoms with Gasteiger partial charge in [0.05, 0.1) is 12.1 Å². The van der Waals surface area contributed by atoms with E-state index in [2.05, 4.69) is 9.84 Å². The van der Waals surface area contributed by atoms with Gasteiger partial charge in [0.1, 0.15) is 11.4 Å². The van der Waals surface area contributed by atoms with E-state index in [1.54, 1.807) is 0 Å². The van der Waals surface area contributed by atoms with E-state index in [9.17, 15) is 18.0 Å². The molecule has 1 saturated heterocycles. The minimum absolute atomic E-state index is 0.121. The molecule has 2 aliphatic rings. The number of hydrogen-bond acceptors (Lipinski definition) is 2. The molecule has 4 rings (SSSR count). The highest BCUT2D eigenvalue weighted by Crippen LogP contribution is 2.49. The summed E-state index contributed by atoms with van der Waals surface area (Å²) in [5.74, 6) is -0.135. The van der Waals surface area contributed by atoms with Gasteiger partial charge in [-0.2, -0.15) is 18.2 Å². The Morgan fingerprint density at radius 3 is 2.28 bits per heavy atom. The van der Waals surface area contributed by atoms with Crippen molar-refractivity contribution >= 4 is 46.1 Å². The quantitative estimate of drug-likeness (QED) is 0.408. The number of benzene rings is 2. The highest BCUT2D eigenvalue weighted by atomic mass is 32.1. The number of amidine groups is 1. The zero-order valence-corrected chi connectivity index (χ0v) is 18.2. The van der Waals surface area contributed by atoms with Crippen molar-refractivity contribution in [2.24, 2.45) is 4.99 Å². The average molecular weight is 456 g/mol. The van der Waals surface area contributed by atoms with Crippen molar-refractivity contribution in [2.45, 2.75) is 44.8 Å². The molecule has 1 amide bonds. The summed E-state index contributed by atoms with van der Waals surface area (Å²) < 4.78 is 40.9. The van der Waals surface area contributed by atoms with Gasteiger partial charge in [-0.25, -0.2) is 4.85 Å². The van der Waals surface area contributed by atoms with Gasteiger partial charge >= 0.3 is 6.18 Å². The summed E-state index contributed by atoms with van der Waals surface area (Å²) in [6.07, 6.45) is -2.51. The lowest BCUT2D eigenvalue weighted by Gasteiger charge is -2.44. The number of alkyl halides is 3. The maximum absolute atomic E-state index is 13.6. The molecule has 1 aliphatic carbocycles. The number of amides is 1. The number of halogens is 3. The third-order valence-electron chi connectivity index (χ3n) is 5.84. The molecule has 0 N–H and O–H groups in total. The van der Waals surface area contributed by atoms with Crippen molar-refractivity contribution in [3.63, 3.8) is 0 Å². The summed E-state index contributed by atoms with van der Waals surface area (Å²) in [6.45, 7) is 10.3. The predicted molar refractivity (Wildman–Crippen MR) is 121 cm³/mol. The molecule has 0 aromatic heterocycles. The second-order valence-corrected chi connectivity index (χ2v) is 8.30. The Kier molecular flexibility index (Phi) is 5.29. The second-order valence-electron chi connectivity index (χ2n) is 7.94. The van der Waals surface area contributed by atoms with Crippen LogP contribution in [0.4, 0.5) is 30.2 Å². The Balaban J connectivity index is 1.92. The van der Waals surface area contributed by atoms with Crippen LogP contribution in [0.3, 0.4) is 0 Å². The molecule has 2 fully saturated rings. The van der Waals surface area contributed by atoms with Gasteiger partial charge in [-0.05, 0) is 62.7 Å². The maximum Gasteiger partial charge on any atom is 0.407 e. The van der Waals surface area contributed by atoms with E-state index in [1.807, 2.05) is 36.1 Å². The summed E-state index contributed by atoms with van der Waals surface area (Å²) in [7, 11) is 0. The molecule has 164 valence electrons. The molecule has 5 nitrogen and oxygen atoms in total. The fourth-order valence-electron chi connectivity index (χ4n) is 4.22. The number of nitrogens with zero attached hydrogens (tertiary/aromatic N) is 4. The summed E-state index contributed by atoms with van der Waals surface area (Å²) in [4.78, 5) is 22.6. The molecular formula is C23H19F3N4OS. The highest BCUT2D eigenvalue weighted by Gasteiger charge is 2.58. The first-order valence-electron chi connectivity index (χ1n) is 9.98. The van der Waals surface area contributed by atoms with E-state index >= 15 is 0 Å². The minimum Gasteiger partial charge on any atom is -0.305 e. The van der Waals surface area contributed by atoms with E-state index in [0.29, 0.717) is 18.7 Å². The molecule has 9 heteroatoms. The summed E-state index contributed by atoms with van der Waals surface area (Å²) in [5.41, 5.74) is -0.282. The Morgan fingerprint density at radius 1 is 1.16 bits per heavy atom. The van der Waals surface area contributed by atoms with Gasteiger partial charge in [0, 0.05) is 18.3 Å². The van der Waals surface area contributed by atoms with Crippen LogP contribution in [-0.2, 0) is 11.0 Å². The minimum atomic E-state index is -4.71. The number of thiocarbonyl (C=S) groups is 1. The Labute approximate surface area is 189 Å². The molecule has 0 bridgehead atoms. The molecule has 1 heterocycles. The topological polar surface area (TPSA) is 40.3 Å². The number of aliphatic imine (C=N–C) groups is 1. The zero-order valence-electron chi connectivity index (χ0n) is 17.4. The van der Waals surface area contributed by atoms with Gasteiger partial charge in [0.25, 0.3) is 0 Å². The number of hydrogen-bond donors (Lipinski definition) is 0. The van der Waals surface area contributed by atoms with Crippen molar-refractivity contribution in [1.82, 2.24) is 0 Å². The highest BCUT2D eigenvalue weighted by molar-refractivity contribution is 7.81. The van der Waals surface area contributed by atoms with Crippen molar-refractivity contribution in [3.8, 4) is 0 Å².